The van der Waals surface area contributed by atoms with E-state index < -0.39 is 21.4 Å². The highest BCUT2D eigenvalue weighted by Gasteiger charge is 2.18. The molecule has 4 aromatic rings. The number of amides is 1. The van der Waals surface area contributed by atoms with Crippen LogP contribution in [0.15, 0.2) is 82.6 Å². The number of carbonyl (C=O) groups excluding carboxylic acids is 1. The van der Waals surface area contributed by atoms with Gasteiger partial charge in [0.1, 0.15) is 5.56 Å². The molecule has 3 N–H and O–H groups in total. The summed E-state index contributed by atoms with van der Waals surface area (Å²) in [6, 6.07) is 19.2. The van der Waals surface area contributed by atoms with Crippen LogP contribution in [0.1, 0.15) is 27.0 Å². The first kappa shape index (κ1) is 23.3. The molecule has 0 spiro atoms. The number of rotatable bonds is 7. The maximum Gasteiger partial charge on any atom is 0.261 e. The molecule has 4 rings (SSSR count). The molecular weight excluding hydrogens is 450 g/mol. The van der Waals surface area contributed by atoms with E-state index in [0.29, 0.717) is 24.2 Å². The third kappa shape index (κ3) is 5.02. The second-order valence-corrected chi connectivity index (χ2v) is 9.84. The van der Waals surface area contributed by atoms with Gasteiger partial charge in [0.25, 0.3) is 15.9 Å². The van der Waals surface area contributed by atoms with E-state index in [1.54, 1.807) is 25.1 Å². The summed E-state index contributed by atoms with van der Waals surface area (Å²) in [5.74, 6) is -0.512. The van der Waals surface area contributed by atoms with Crippen LogP contribution in [0.4, 0.5) is 5.69 Å². The molecule has 0 atom stereocenters. The van der Waals surface area contributed by atoms with Crippen LogP contribution >= 0.6 is 0 Å². The Kier molecular flexibility index (Phi) is 6.51. The van der Waals surface area contributed by atoms with E-state index in [4.69, 9.17) is 0 Å². The molecule has 0 aliphatic carbocycles. The van der Waals surface area contributed by atoms with Crippen molar-refractivity contribution in [3.05, 3.63) is 105 Å². The molecule has 0 unspecified atom stereocenters. The molecule has 174 valence electrons. The standard InChI is InChI=1S/C26H25N3O4S/c1-17-6-5-8-19(14-17)12-13-27-26(31)22-16-28-24-11-10-20(15-21(24)25(22)30)34(32,33)29-23-9-4-3-7-18(23)2/h3-11,14-16,29H,12-13H2,1-2H3,(H,27,31)(H,28,30). The number of nitrogens with one attached hydrogen (secondary N) is 3. The molecule has 34 heavy (non-hydrogen) atoms. The molecule has 1 heterocycles. The summed E-state index contributed by atoms with van der Waals surface area (Å²) in [5.41, 5.74) is 3.29. The highest BCUT2D eigenvalue weighted by Crippen LogP contribution is 2.21. The summed E-state index contributed by atoms with van der Waals surface area (Å²) in [6.45, 7) is 4.17. The molecule has 1 aromatic heterocycles. The SMILES string of the molecule is Cc1cccc(CCNC(=O)c2c[nH]c3ccc(S(=O)(=O)Nc4ccccc4C)cc3c2=O)c1. The van der Waals surface area contributed by atoms with Crippen LogP contribution < -0.4 is 15.5 Å². The molecule has 0 aliphatic rings. The highest BCUT2D eigenvalue weighted by atomic mass is 32.2. The van der Waals surface area contributed by atoms with Crippen molar-refractivity contribution in [1.29, 1.82) is 0 Å². The summed E-state index contributed by atoms with van der Waals surface area (Å²) >= 11 is 0. The molecule has 1 amide bonds. The van der Waals surface area contributed by atoms with Crippen LogP contribution in [0.2, 0.25) is 0 Å². The number of H-pyrrole nitrogens is 1. The maximum atomic E-state index is 13.0. The van der Waals surface area contributed by atoms with Crippen LogP contribution in [0.25, 0.3) is 10.9 Å². The fourth-order valence-electron chi connectivity index (χ4n) is 3.71. The normalized spacial score (nSPS) is 11.4. The monoisotopic (exact) mass is 475 g/mol. The average Bonchev–Trinajstić information content (AvgIpc) is 2.80. The number of para-hydroxylation sites is 1. The Morgan fingerprint density at radius 2 is 1.76 bits per heavy atom. The van der Waals surface area contributed by atoms with Gasteiger partial charge in [-0.1, -0.05) is 48.0 Å². The molecule has 7 nitrogen and oxygen atoms in total. The topological polar surface area (TPSA) is 108 Å². The molecule has 0 saturated carbocycles. The Balaban J connectivity index is 1.57. The lowest BCUT2D eigenvalue weighted by Crippen LogP contribution is -2.30. The van der Waals surface area contributed by atoms with Gasteiger partial charge in [-0.15, -0.1) is 0 Å². The van der Waals surface area contributed by atoms with E-state index in [9.17, 15) is 18.0 Å². The van der Waals surface area contributed by atoms with Crippen molar-refractivity contribution in [1.82, 2.24) is 10.3 Å². The Morgan fingerprint density at radius 3 is 2.53 bits per heavy atom. The quantitative estimate of drug-likeness (QED) is 0.376. The van der Waals surface area contributed by atoms with Gasteiger partial charge in [-0.3, -0.25) is 14.3 Å². The van der Waals surface area contributed by atoms with E-state index in [1.165, 1.54) is 24.4 Å². The smallest absolute Gasteiger partial charge is 0.261 e. The third-order valence-electron chi connectivity index (χ3n) is 5.58. The number of benzene rings is 3. The second kappa shape index (κ2) is 9.52. The number of hydrogen-bond donors (Lipinski definition) is 3. The number of pyridine rings is 1. The van der Waals surface area contributed by atoms with Crippen LogP contribution in [0, 0.1) is 13.8 Å². The maximum absolute atomic E-state index is 13.0. The number of aromatic nitrogens is 1. The number of aryl methyl sites for hydroxylation is 2. The lowest BCUT2D eigenvalue weighted by Gasteiger charge is -2.11. The zero-order valence-corrected chi connectivity index (χ0v) is 19.7. The number of hydrogen-bond acceptors (Lipinski definition) is 4. The van der Waals surface area contributed by atoms with Crippen LogP contribution in [0.5, 0.6) is 0 Å². The zero-order chi connectivity index (χ0) is 24.3. The van der Waals surface area contributed by atoms with E-state index in [-0.39, 0.29) is 15.8 Å². The van der Waals surface area contributed by atoms with Crippen molar-refractivity contribution in [2.75, 3.05) is 11.3 Å². The number of aromatic amines is 1. The van der Waals surface area contributed by atoms with Gasteiger partial charge in [-0.05, 0) is 55.7 Å². The lowest BCUT2D eigenvalue weighted by atomic mass is 10.1. The molecule has 0 saturated heterocycles. The zero-order valence-electron chi connectivity index (χ0n) is 18.9. The van der Waals surface area contributed by atoms with Gasteiger partial charge in [-0.2, -0.15) is 0 Å². The minimum Gasteiger partial charge on any atom is -0.360 e. The third-order valence-corrected chi connectivity index (χ3v) is 6.94. The van der Waals surface area contributed by atoms with Crippen molar-refractivity contribution in [2.45, 2.75) is 25.2 Å². The van der Waals surface area contributed by atoms with Gasteiger partial charge in [0.2, 0.25) is 5.43 Å². The second-order valence-electron chi connectivity index (χ2n) is 8.15. The summed E-state index contributed by atoms with van der Waals surface area (Å²) in [5, 5.41) is 2.89. The van der Waals surface area contributed by atoms with Gasteiger partial charge < -0.3 is 10.3 Å². The van der Waals surface area contributed by atoms with Crippen molar-refractivity contribution in [3.63, 3.8) is 0 Å². The average molecular weight is 476 g/mol. The fourth-order valence-corrected chi connectivity index (χ4v) is 4.86. The van der Waals surface area contributed by atoms with Crippen LogP contribution in [-0.2, 0) is 16.4 Å². The first-order valence-electron chi connectivity index (χ1n) is 10.8. The predicted octanol–water partition coefficient (Wildman–Crippen LogP) is 3.92. The van der Waals surface area contributed by atoms with Crippen molar-refractivity contribution in [3.8, 4) is 0 Å². The Bertz CT molecular complexity index is 1540. The first-order chi connectivity index (χ1) is 16.2. The van der Waals surface area contributed by atoms with Gasteiger partial charge in [0.05, 0.1) is 10.6 Å². The Hall–Kier alpha value is -3.91. The van der Waals surface area contributed by atoms with Gasteiger partial charge in [0, 0.05) is 23.6 Å². The van der Waals surface area contributed by atoms with Crippen molar-refractivity contribution >= 4 is 32.5 Å². The predicted molar refractivity (Wildman–Crippen MR) is 134 cm³/mol. The lowest BCUT2D eigenvalue weighted by molar-refractivity contribution is 0.0953. The Morgan fingerprint density at radius 1 is 0.971 bits per heavy atom. The summed E-state index contributed by atoms with van der Waals surface area (Å²) in [7, 11) is -3.93. The van der Waals surface area contributed by atoms with Crippen LogP contribution in [-0.4, -0.2) is 25.9 Å². The van der Waals surface area contributed by atoms with Gasteiger partial charge in [0.15, 0.2) is 0 Å². The molecule has 0 radical (unpaired) electrons. The molecule has 0 bridgehead atoms. The van der Waals surface area contributed by atoms with E-state index in [2.05, 4.69) is 15.0 Å². The fraction of sp³-hybridized carbons (Fsp3) is 0.154. The van der Waals surface area contributed by atoms with Gasteiger partial charge in [-0.25, -0.2) is 8.42 Å². The minimum absolute atomic E-state index is 0.0641. The van der Waals surface area contributed by atoms with Gasteiger partial charge >= 0.3 is 0 Å². The summed E-state index contributed by atoms with van der Waals surface area (Å²) < 4.78 is 28.4. The number of sulfonamides is 1. The summed E-state index contributed by atoms with van der Waals surface area (Å²) in [6.07, 6.45) is 1.98. The van der Waals surface area contributed by atoms with E-state index in [0.717, 1.165) is 16.7 Å². The molecule has 0 aliphatic heterocycles. The first-order valence-corrected chi connectivity index (χ1v) is 12.3. The number of carbonyl (C=O) groups is 1. The van der Waals surface area contributed by atoms with E-state index in [1.807, 2.05) is 37.3 Å². The molecule has 0 fully saturated rings. The van der Waals surface area contributed by atoms with Crippen molar-refractivity contribution in [2.24, 2.45) is 0 Å². The molecule has 3 aromatic carbocycles. The van der Waals surface area contributed by atoms with Crippen molar-refractivity contribution < 1.29 is 13.2 Å². The number of fused-ring (bicyclic) bond motifs is 1. The largest absolute Gasteiger partial charge is 0.360 e. The number of anilines is 1. The van der Waals surface area contributed by atoms with Crippen LogP contribution in [0.3, 0.4) is 0 Å². The minimum atomic E-state index is -3.93. The van der Waals surface area contributed by atoms with E-state index >= 15 is 0 Å². The summed E-state index contributed by atoms with van der Waals surface area (Å²) in [4.78, 5) is 28.6. The Labute approximate surface area is 197 Å². The highest BCUT2D eigenvalue weighted by molar-refractivity contribution is 7.92. The molecular formula is C26H25N3O4S. The molecule has 8 heteroatoms.